The number of rotatable bonds is 2. The number of hydrogen-bond donors (Lipinski definition) is 0. The first-order chi connectivity index (χ1) is 5.26. The van der Waals surface area contributed by atoms with Crippen LogP contribution in [0.4, 0.5) is 0 Å². The van der Waals surface area contributed by atoms with Crippen LogP contribution in [-0.4, -0.2) is 37.3 Å². The van der Waals surface area contributed by atoms with E-state index in [0.717, 1.165) is 17.1 Å². The summed E-state index contributed by atoms with van der Waals surface area (Å²) in [5.74, 6) is 1.55. The van der Waals surface area contributed by atoms with Gasteiger partial charge in [0.15, 0.2) is 0 Å². The smallest absolute Gasteiger partial charge is 1.00 e. The minimum atomic E-state index is 0. The molecule has 0 aromatic heterocycles. The van der Waals surface area contributed by atoms with Gasteiger partial charge in [0.2, 0.25) is 0 Å². The number of ether oxygens (including phenoxy) is 2. The predicted octanol–water partition coefficient (Wildman–Crippen LogP) is -1.49. The van der Waals surface area contributed by atoms with Crippen LogP contribution in [-0.2, 0) is 0 Å². The normalized spacial score (nSPS) is 7.85. The van der Waals surface area contributed by atoms with Crippen LogP contribution in [0.25, 0.3) is 0 Å². The van der Waals surface area contributed by atoms with E-state index >= 15 is 0 Å². The molecule has 0 spiro atoms. The van der Waals surface area contributed by atoms with E-state index in [1.165, 1.54) is 0 Å². The molecule has 13 heavy (non-hydrogen) atoms. The Labute approximate surface area is 106 Å². The average Bonchev–Trinajstić information content (AvgIpc) is 2.03. The van der Waals surface area contributed by atoms with Gasteiger partial charge in [0.1, 0.15) is 0 Å². The summed E-state index contributed by atoms with van der Waals surface area (Å²) in [6, 6.07) is 5.51. The molecule has 68 valence electrons. The van der Waals surface area contributed by atoms with Crippen LogP contribution in [0.3, 0.4) is 0 Å². The maximum Gasteiger partial charge on any atom is 2.00 e. The molecule has 0 fully saturated rings. The van der Waals surface area contributed by atoms with Crippen LogP contribution in [0.5, 0.6) is 11.5 Å². The fraction of sp³-hybridized carbons (Fsp3) is 0.222. The fourth-order valence-electron chi connectivity index (χ4n) is 0.866. The molecular formula is C9H11BrMgO2. The molecule has 2 nitrogen and oxygen atoms in total. The van der Waals surface area contributed by atoms with Gasteiger partial charge in [0.25, 0.3) is 0 Å². The second-order valence-corrected chi connectivity index (χ2v) is 2.22. The first-order valence-electron chi connectivity index (χ1n) is 3.31. The van der Waals surface area contributed by atoms with Crippen LogP contribution in [0.15, 0.2) is 18.2 Å². The third-order valence-electron chi connectivity index (χ3n) is 1.41. The van der Waals surface area contributed by atoms with E-state index in [2.05, 4.69) is 6.92 Å². The van der Waals surface area contributed by atoms with Crippen molar-refractivity contribution in [2.24, 2.45) is 0 Å². The third kappa shape index (κ3) is 4.64. The van der Waals surface area contributed by atoms with Crippen LogP contribution < -0.4 is 26.5 Å². The standard InChI is InChI=1S/C9H11O2.BrH.Mg/c1-7-4-8(10-2)6-9(5-7)11-3;;/h4-6H,1H2,2-3H3;1H;/q-1;;+2/p-1. The SMILES string of the molecule is [Br-].[CH2-]c1cc(OC)cc(OC)c1.[Mg+2]. The fourth-order valence-corrected chi connectivity index (χ4v) is 0.866. The number of hydrogen-bond acceptors (Lipinski definition) is 2. The minimum Gasteiger partial charge on any atom is -1.00 e. The van der Waals surface area contributed by atoms with Gasteiger partial charge in [-0.15, -0.1) is 12.1 Å². The van der Waals surface area contributed by atoms with Crippen molar-refractivity contribution in [1.29, 1.82) is 0 Å². The van der Waals surface area contributed by atoms with Crippen molar-refractivity contribution in [2.45, 2.75) is 0 Å². The van der Waals surface area contributed by atoms with E-state index < -0.39 is 0 Å². The van der Waals surface area contributed by atoms with Crippen LogP contribution in [0, 0.1) is 6.92 Å². The van der Waals surface area contributed by atoms with E-state index in [1.807, 2.05) is 18.2 Å². The summed E-state index contributed by atoms with van der Waals surface area (Å²) < 4.78 is 10.0. The Morgan fingerprint density at radius 1 is 1.00 bits per heavy atom. The summed E-state index contributed by atoms with van der Waals surface area (Å²) in [6.45, 7) is 3.78. The molecule has 0 amide bonds. The molecule has 0 N–H and O–H groups in total. The maximum absolute atomic E-state index is 5.02. The quantitative estimate of drug-likeness (QED) is 0.473. The molecule has 0 saturated heterocycles. The molecule has 0 aliphatic heterocycles. The average molecular weight is 255 g/mol. The van der Waals surface area contributed by atoms with Crippen molar-refractivity contribution in [3.63, 3.8) is 0 Å². The molecule has 1 rings (SSSR count). The van der Waals surface area contributed by atoms with Gasteiger partial charge in [-0.3, -0.25) is 0 Å². The summed E-state index contributed by atoms with van der Waals surface area (Å²) in [7, 11) is 3.24. The molecule has 1 aromatic rings. The van der Waals surface area contributed by atoms with Crippen LogP contribution in [0.1, 0.15) is 5.56 Å². The predicted molar refractivity (Wildman–Crippen MR) is 49.8 cm³/mol. The first-order valence-corrected chi connectivity index (χ1v) is 3.31. The van der Waals surface area contributed by atoms with Gasteiger partial charge in [-0.1, -0.05) is 0 Å². The zero-order valence-electron chi connectivity index (χ0n) is 7.84. The molecule has 0 radical (unpaired) electrons. The largest absolute Gasteiger partial charge is 2.00 e. The van der Waals surface area contributed by atoms with Crippen molar-refractivity contribution in [2.75, 3.05) is 14.2 Å². The molecule has 0 bridgehead atoms. The molecular weight excluding hydrogens is 244 g/mol. The van der Waals surface area contributed by atoms with E-state index in [0.29, 0.717) is 0 Å². The Kier molecular flexibility index (Phi) is 8.71. The van der Waals surface area contributed by atoms with Crippen LogP contribution >= 0.6 is 0 Å². The Hall–Kier alpha value is -0.0638. The zero-order valence-corrected chi connectivity index (χ0v) is 10.8. The van der Waals surface area contributed by atoms with Gasteiger partial charge >= 0.3 is 23.1 Å². The van der Waals surface area contributed by atoms with Crippen molar-refractivity contribution in [1.82, 2.24) is 0 Å². The summed E-state index contributed by atoms with van der Waals surface area (Å²) in [5.41, 5.74) is 0.890. The van der Waals surface area contributed by atoms with Crippen molar-refractivity contribution in [3.8, 4) is 11.5 Å². The number of benzene rings is 1. The van der Waals surface area contributed by atoms with Gasteiger partial charge in [-0.25, -0.2) is 0 Å². The Balaban J connectivity index is 0. The third-order valence-corrected chi connectivity index (χ3v) is 1.41. The van der Waals surface area contributed by atoms with Crippen molar-refractivity contribution < 1.29 is 26.5 Å². The molecule has 1 aromatic carbocycles. The second-order valence-electron chi connectivity index (χ2n) is 2.22. The maximum atomic E-state index is 5.02. The Bertz CT molecular complexity index is 231. The van der Waals surface area contributed by atoms with Gasteiger partial charge in [0.05, 0.1) is 25.7 Å². The molecule has 0 aliphatic carbocycles. The number of methoxy groups -OCH3 is 2. The van der Waals surface area contributed by atoms with Crippen molar-refractivity contribution in [3.05, 3.63) is 30.7 Å². The summed E-state index contributed by atoms with van der Waals surface area (Å²) in [4.78, 5) is 0. The molecule has 0 heterocycles. The van der Waals surface area contributed by atoms with E-state index in [9.17, 15) is 0 Å². The first kappa shape index (κ1) is 15.4. The van der Waals surface area contributed by atoms with E-state index in [4.69, 9.17) is 9.47 Å². The summed E-state index contributed by atoms with van der Waals surface area (Å²) >= 11 is 0. The zero-order chi connectivity index (χ0) is 8.27. The monoisotopic (exact) mass is 254 g/mol. The second kappa shape index (κ2) is 7.35. The Morgan fingerprint density at radius 3 is 1.69 bits per heavy atom. The van der Waals surface area contributed by atoms with E-state index in [1.54, 1.807) is 14.2 Å². The van der Waals surface area contributed by atoms with Gasteiger partial charge in [-0.2, -0.15) is 12.5 Å². The van der Waals surface area contributed by atoms with Crippen LogP contribution in [0.2, 0.25) is 0 Å². The molecule has 0 aliphatic rings. The van der Waals surface area contributed by atoms with Gasteiger partial charge < -0.3 is 26.5 Å². The molecule has 4 heteroatoms. The molecule has 0 unspecified atom stereocenters. The summed E-state index contributed by atoms with van der Waals surface area (Å²) in [5, 5.41) is 0. The van der Waals surface area contributed by atoms with Gasteiger partial charge in [0, 0.05) is 0 Å². The Morgan fingerprint density at radius 2 is 1.38 bits per heavy atom. The topological polar surface area (TPSA) is 18.5 Å². The number of halogens is 1. The minimum absolute atomic E-state index is 0. The molecule has 0 atom stereocenters. The van der Waals surface area contributed by atoms with Gasteiger partial charge in [-0.05, 0) is 6.07 Å². The molecule has 0 saturated carbocycles. The van der Waals surface area contributed by atoms with Crippen molar-refractivity contribution >= 4 is 23.1 Å². The summed E-state index contributed by atoms with van der Waals surface area (Å²) in [6.07, 6.45) is 0. The van der Waals surface area contributed by atoms with E-state index in [-0.39, 0.29) is 40.0 Å².